The second-order valence-corrected chi connectivity index (χ2v) is 5.18. The largest absolute Gasteiger partial charge is 0.489 e. The highest BCUT2D eigenvalue weighted by molar-refractivity contribution is 6.05. The van der Waals surface area contributed by atoms with Gasteiger partial charge in [-0.2, -0.15) is 0 Å². The third kappa shape index (κ3) is 2.93. The lowest BCUT2D eigenvalue weighted by Gasteiger charge is -2.07. The molecule has 124 valence electrons. The highest BCUT2D eigenvalue weighted by Crippen LogP contribution is 2.25. The summed E-state index contributed by atoms with van der Waals surface area (Å²) in [5, 5.41) is 9.54. The molecule has 0 atom stereocenters. The minimum atomic E-state index is -0.683. The minimum Gasteiger partial charge on any atom is -0.489 e. The summed E-state index contributed by atoms with van der Waals surface area (Å²) in [6, 6.07) is 7.50. The molecule has 3 rings (SSSR count). The molecule has 0 saturated carbocycles. The number of aryl methyl sites for hydroxylation is 1. The molecule has 2 heterocycles. The molecule has 1 aromatic carbocycles. The van der Waals surface area contributed by atoms with Crippen molar-refractivity contribution in [3.63, 3.8) is 0 Å². The predicted molar refractivity (Wildman–Crippen MR) is 85.4 cm³/mol. The van der Waals surface area contributed by atoms with E-state index in [1.165, 1.54) is 30.5 Å². The first-order chi connectivity index (χ1) is 11.6. The van der Waals surface area contributed by atoms with Crippen molar-refractivity contribution >= 4 is 16.8 Å². The maximum absolute atomic E-state index is 13.0. The number of hydrogen-bond acceptors (Lipinski definition) is 4. The van der Waals surface area contributed by atoms with E-state index in [0.29, 0.717) is 17.7 Å². The van der Waals surface area contributed by atoms with Crippen LogP contribution in [-0.2, 0) is 13.2 Å². The molecule has 2 aromatic heterocycles. The van der Waals surface area contributed by atoms with E-state index < -0.39 is 5.91 Å². The van der Waals surface area contributed by atoms with Crippen LogP contribution in [-0.4, -0.2) is 20.7 Å². The summed E-state index contributed by atoms with van der Waals surface area (Å²) < 4.78 is 20.6. The number of benzene rings is 1. The minimum absolute atomic E-state index is 0.125. The number of nitrogens with one attached hydrogen (secondary N) is 1. The summed E-state index contributed by atoms with van der Waals surface area (Å²) in [5.74, 6) is -0.501. The van der Waals surface area contributed by atoms with Crippen molar-refractivity contribution in [2.45, 2.75) is 20.1 Å². The first-order valence-electron chi connectivity index (χ1n) is 7.43. The Hall–Kier alpha value is -2.93. The van der Waals surface area contributed by atoms with Gasteiger partial charge in [0.05, 0.1) is 5.52 Å². The molecule has 0 aliphatic carbocycles. The molecule has 2 N–H and O–H groups in total. The maximum atomic E-state index is 13.0. The number of amides is 1. The van der Waals surface area contributed by atoms with E-state index in [1.54, 1.807) is 11.5 Å². The zero-order valence-corrected chi connectivity index (χ0v) is 13.0. The Morgan fingerprint density at radius 3 is 2.75 bits per heavy atom. The van der Waals surface area contributed by atoms with Crippen molar-refractivity contribution < 1.29 is 19.1 Å². The quantitative estimate of drug-likeness (QED) is 0.557. The molecule has 0 saturated heterocycles. The summed E-state index contributed by atoms with van der Waals surface area (Å²) in [4.78, 5) is 15.9. The Morgan fingerprint density at radius 2 is 2.08 bits per heavy atom. The van der Waals surface area contributed by atoms with Gasteiger partial charge in [0.25, 0.3) is 5.91 Å². The van der Waals surface area contributed by atoms with Crippen molar-refractivity contribution in [2.24, 2.45) is 0 Å². The van der Waals surface area contributed by atoms with Gasteiger partial charge in [-0.15, -0.1) is 0 Å². The number of pyridine rings is 1. The lowest BCUT2D eigenvalue weighted by atomic mass is 10.1. The molecule has 0 bridgehead atoms. The zero-order chi connectivity index (χ0) is 17.1. The molecule has 0 aliphatic heterocycles. The molecule has 3 aromatic rings. The first-order valence-corrected chi connectivity index (χ1v) is 7.43. The van der Waals surface area contributed by atoms with Crippen molar-refractivity contribution in [2.75, 3.05) is 0 Å². The Balaban J connectivity index is 2.00. The van der Waals surface area contributed by atoms with Crippen LogP contribution in [0, 0.1) is 5.82 Å². The number of ether oxygens (including phenoxy) is 1. The smallest absolute Gasteiger partial charge is 0.293 e. The van der Waals surface area contributed by atoms with Crippen LogP contribution in [0.2, 0.25) is 0 Å². The predicted octanol–water partition coefficient (Wildman–Crippen LogP) is 2.89. The summed E-state index contributed by atoms with van der Waals surface area (Å²) in [5.41, 5.74) is 3.32. The summed E-state index contributed by atoms with van der Waals surface area (Å²) in [6.07, 6.45) is 3.40. The molecule has 7 heteroatoms. The van der Waals surface area contributed by atoms with Crippen LogP contribution in [0.15, 0.2) is 42.7 Å². The fraction of sp³-hybridized carbons (Fsp3) is 0.176. The van der Waals surface area contributed by atoms with Crippen LogP contribution >= 0.6 is 0 Å². The Bertz CT molecular complexity index is 875. The number of nitrogens with zero attached hydrogens (tertiary/aromatic N) is 2. The molecule has 0 unspecified atom stereocenters. The van der Waals surface area contributed by atoms with Crippen molar-refractivity contribution in [1.29, 1.82) is 0 Å². The summed E-state index contributed by atoms with van der Waals surface area (Å²) >= 11 is 0. The fourth-order valence-corrected chi connectivity index (χ4v) is 2.62. The topological polar surface area (TPSA) is 76.4 Å². The van der Waals surface area contributed by atoms with Gasteiger partial charge in [-0.3, -0.25) is 15.0 Å². The van der Waals surface area contributed by atoms with Gasteiger partial charge in [-0.25, -0.2) is 9.87 Å². The number of hydrogen-bond donors (Lipinski definition) is 2. The average molecular weight is 329 g/mol. The third-order valence-electron chi connectivity index (χ3n) is 3.74. The molecule has 0 aliphatic rings. The van der Waals surface area contributed by atoms with E-state index in [4.69, 9.17) is 9.94 Å². The molecule has 0 radical (unpaired) electrons. The van der Waals surface area contributed by atoms with Gasteiger partial charge in [0.15, 0.2) is 0 Å². The lowest BCUT2D eigenvalue weighted by molar-refractivity contribution is 0.0702. The van der Waals surface area contributed by atoms with Crippen molar-refractivity contribution in [3.05, 3.63) is 59.8 Å². The van der Waals surface area contributed by atoms with Gasteiger partial charge in [0, 0.05) is 29.9 Å². The highest BCUT2D eigenvalue weighted by atomic mass is 19.1. The monoisotopic (exact) mass is 329 g/mol. The van der Waals surface area contributed by atoms with Crippen LogP contribution < -0.4 is 10.2 Å². The summed E-state index contributed by atoms with van der Waals surface area (Å²) in [6.45, 7) is 2.88. The average Bonchev–Trinajstić information content (AvgIpc) is 2.98. The van der Waals surface area contributed by atoms with Crippen LogP contribution in [0.25, 0.3) is 10.9 Å². The van der Waals surface area contributed by atoms with Crippen molar-refractivity contribution in [1.82, 2.24) is 15.0 Å². The summed E-state index contributed by atoms with van der Waals surface area (Å²) in [7, 11) is 0. The number of halogens is 1. The van der Waals surface area contributed by atoms with E-state index in [2.05, 4.69) is 4.98 Å². The van der Waals surface area contributed by atoms with E-state index >= 15 is 0 Å². The number of carbonyl (C=O) groups is 1. The number of rotatable bonds is 5. The van der Waals surface area contributed by atoms with Gasteiger partial charge in [0.2, 0.25) is 0 Å². The number of aromatic nitrogens is 2. The second kappa shape index (κ2) is 6.67. The molecule has 6 nitrogen and oxygen atoms in total. The maximum Gasteiger partial charge on any atom is 0.293 e. The molecule has 0 spiro atoms. The normalized spacial score (nSPS) is 10.8. The Morgan fingerprint density at radius 1 is 1.33 bits per heavy atom. The number of hydroxylamine groups is 1. The van der Waals surface area contributed by atoms with E-state index in [-0.39, 0.29) is 18.1 Å². The van der Waals surface area contributed by atoms with Gasteiger partial charge < -0.3 is 9.30 Å². The van der Waals surface area contributed by atoms with Gasteiger partial charge in [0.1, 0.15) is 23.9 Å². The van der Waals surface area contributed by atoms with Crippen molar-refractivity contribution in [3.8, 4) is 5.75 Å². The lowest BCUT2D eigenvalue weighted by Crippen LogP contribution is -2.20. The highest BCUT2D eigenvalue weighted by Gasteiger charge is 2.18. The molecular formula is C17H16FN3O3. The standard InChI is InChI=1S/C17H16FN3O3/c1-2-21-9-11(10-24-13-5-3-12(18)4-6-13)15-14(21)7-8-19-16(15)17(22)20-23/h3-9,23H,2,10H2,1H3,(H,20,22). The Kier molecular flexibility index (Phi) is 4.43. The van der Waals surface area contributed by atoms with E-state index in [1.807, 2.05) is 17.7 Å². The molecule has 0 fully saturated rings. The molecule has 1 amide bonds. The zero-order valence-electron chi connectivity index (χ0n) is 13.0. The van der Waals surface area contributed by atoms with Crippen LogP contribution in [0.5, 0.6) is 5.75 Å². The molecule has 24 heavy (non-hydrogen) atoms. The van der Waals surface area contributed by atoms with E-state index in [9.17, 15) is 9.18 Å². The Labute approximate surface area is 137 Å². The van der Waals surface area contributed by atoms with Gasteiger partial charge in [-0.05, 0) is 37.3 Å². The van der Waals surface area contributed by atoms with Gasteiger partial charge in [-0.1, -0.05) is 0 Å². The third-order valence-corrected chi connectivity index (χ3v) is 3.74. The first kappa shape index (κ1) is 15.9. The fourth-order valence-electron chi connectivity index (χ4n) is 2.62. The van der Waals surface area contributed by atoms with Gasteiger partial charge >= 0.3 is 0 Å². The SMILES string of the molecule is CCn1cc(COc2ccc(F)cc2)c2c(C(=O)NO)nccc21. The number of carbonyl (C=O) groups excluding carboxylic acids is 1. The van der Waals surface area contributed by atoms with Crippen LogP contribution in [0.4, 0.5) is 4.39 Å². The van der Waals surface area contributed by atoms with E-state index in [0.717, 1.165) is 11.1 Å². The molecular weight excluding hydrogens is 313 g/mol. The van der Waals surface area contributed by atoms with Crippen LogP contribution in [0.3, 0.4) is 0 Å². The van der Waals surface area contributed by atoms with Crippen LogP contribution in [0.1, 0.15) is 23.0 Å². The second-order valence-electron chi connectivity index (χ2n) is 5.18. The number of fused-ring (bicyclic) bond motifs is 1.